The molecule has 0 aliphatic carbocycles. The second-order valence-electron chi connectivity index (χ2n) is 8.06. The average Bonchev–Trinajstić information content (AvgIpc) is 3.50. The number of hydrogen-bond acceptors (Lipinski definition) is 5. The van der Waals surface area contributed by atoms with Crippen LogP contribution in [0.1, 0.15) is 18.4 Å². The molecule has 0 saturated carbocycles. The maximum absolute atomic E-state index is 12.8. The van der Waals surface area contributed by atoms with Crippen LogP contribution in [0, 0.1) is 0 Å². The molecule has 176 valence electrons. The van der Waals surface area contributed by atoms with Gasteiger partial charge in [-0.1, -0.05) is 6.07 Å². The topological polar surface area (TPSA) is 89.9 Å². The first kappa shape index (κ1) is 23.1. The molecule has 1 N–H and O–H groups in total. The molecule has 0 bridgehead atoms. The lowest BCUT2D eigenvalue weighted by Gasteiger charge is -2.15. The number of aromatic nitrogens is 1. The van der Waals surface area contributed by atoms with Gasteiger partial charge in [0.25, 0.3) is 0 Å². The normalized spacial score (nSPS) is 14.5. The summed E-state index contributed by atoms with van der Waals surface area (Å²) >= 11 is 0. The van der Waals surface area contributed by atoms with Crippen molar-refractivity contribution in [3.8, 4) is 11.5 Å². The highest BCUT2D eigenvalue weighted by molar-refractivity contribution is 7.89. The molecule has 33 heavy (non-hydrogen) atoms. The van der Waals surface area contributed by atoms with Crippen LogP contribution in [0.25, 0.3) is 10.9 Å². The van der Waals surface area contributed by atoms with Crippen LogP contribution in [0.4, 0.5) is 0 Å². The number of sulfonamides is 1. The van der Waals surface area contributed by atoms with Crippen molar-refractivity contribution in [3.05, 3.63) is 54.2 Å². The van der Waals surface area contributed by atoms with E-state index in [0.717, 1.165) is 29.3 Å². The van der Waals surface area contributed by atoms with E-state index in [-0.39, 0.29) is 12.5 Å². The molecule has 2 heterocycles. The molecule has 9 heteroatoms. The van der Waals surface area contributed by atoms with Crippen LogP contribution >= 0.6 is 0 Å². The Kier molecular flexibility index (Phi) is 6.90. The molecule has 1 aliphatic rings. The number of carbonyl (C=O) groups excluding carboxylic acids is 1. The van der Waals surface area contributed by atoms with Crippen molar-refractivity contribution < 1.29 is 22.7 Å². The molecule has 0 atom stereocenters. The van der Waals surface area contributed by atoms with Crippen molar-refractivity contribution in [2.75, 3.05) is 33.9 Å². The zero-order valence-electron chi connectivity index (χ0n) is 18.9. The molecule has 1 amide bonds. The van der Waals surface area contributed by atoms with Crippen molar-refractivity contribution >= 4 is 26.8 Å². The summed E-state index contributed by atoms with van der Waals surface area (Å²) in [7, 11) is -0.278. The number of carbonyl (C=O) groups is 1. The summed E-state index contributed by atoms with van der Waals surface area (Å²) < 4.78 is 39.6. The van der Waals surface area contributed by atoms with Gasteiger partial charge in [-0.25, -0.2) is 8.42 Å². The van der Waals surface area contributed by atoms with E-state index in [1.165, 1.54) is 4.31 Å². The first-order valence-electron chi connectivity index (χ1n) is 11.0. The predicted molar refractivity (Wildman–Crippen MR) is 126 cm³/mol. The Balaban J connectivity index is 1.37. The van der Waals surface area contributed by atoms with Gasteiger partial charge in [0.05, 0.1) is 19.1 Å². The molecule has 4 rings (SSSR count). The van der Waals surface area contributed by atoms with E-state index >= 15 is 0 Å². The monoisotopic (exact) mass is 471 g/mol. The van der Waals surface area contributed by atoms with Crippen LogP contribution in [-0.4, -0.2) is 57.1 Å². The second-order valence-corrected chi connectivity index (χ2v) is 10.0. The van der Waals surface area contributed by atoms with Crippen molar-refractivity contribution in [2.45, 2.75) is 30.7 Å². The van der Waals surface area contributed by atoms with Crippen LogP contribution in [0.3, 0.4) is 0 Å². The predicted octanol–water partition coefficient (Wildman–Crippen LogP) is 2.80. The smallest absolute Gasteiger partial charge is 0.243 e. The summed E-state index contributed by atoms with van der Waals surface area (Å²) in [5.74, 6) is 1.22. The fraction of sp³-hybridized carbons (Fsp3) is 0.375. The fourth-order valence-electron chi connectivity index (χ4n) is 4.15. The molecular weight excluding hydrogens is 442 g/mol. The van der Waals surface area contributed by atoms with Crippen LogP contribution < -0.4 is 14.8 Å². The zero-order valence-corrected chi connectivity index (χ0v) is 19.7. The summed E-state index contributed by atoms with van der Waals surface area (Å²) in [6, 6.07) is 12.6. The van der Waals surface area contributed by atoms with Gasteiger partial charge in [0.2, 0.25) is 15.9 Å². The van der Waals surface area contributed by atoms with Gasteiger partial charge in [0.1, 0.15) is 6.54 Å². The lowest BCUT2D eigenvalue weighted by atomic mass is 10.1. The van der Waals surface area contributed by atoms with E-state index in [9.17, 15) is 13.2 Å². The first-order chi connectivity index (χ1) is 15.9. The maximum atomic E-state index is 12.8. The molecule has 2 aromatic carbocycles. The maximum Gasteiger partial charge on any atom is 0.243 e. The van der Waals surface area contributed by atoms with Gasteiger partial charge >= 0.3 is 0 Å². The van der Waals surface area contributed by atoms with Crippen LogP contribution in [0.5, 0.6) is 11.5 Å². The average molecular weight is 472 g/mol. The van der Waals surface area contributed by atoms with E-state index < -0.39 is 10.0 Å². The second kappa shape index (κ2) is 9.84. The number of benzene rings is 2. The number of amides is 1. The summed E-state index contributed by atoms with van der Waals surface area (Å²) in [5.41, 5.74) is 1.86. The molecule has 8 nitrogen and oxygen atoms in total. The molecule has 1 fully saturated rings. The van der Waals surface area contributed by atoms with Crippen molar-refractivity contribution in [1.82, 2.24) is 14.2 Å². The Morgan fingerprint density at radius 2 is 1.76 bits per heavy atom. The van der Waals surface area contributed by atoms with E-state index in [1.54, 1.807) is 32.4 Å². The Morgan fingerprint density at radius 1 is 1.00 bits per heavy atom. The van der Waals surface area contributed by atoms with E-state index in [1.807, 2.05) is 35.0 Å². The number of ether oxygens (including phenoxy) is 2. The van der Waals surface area contributed by atoms with Gasteiger partial charge in [-0.15, -0.1) is 0 Å². The lowest BCUT2D eigenvalue weighted by molar-refractivity contribution is -0.121. The molecule has 1 saturated heterocycles. The molecule has 1 aromatic heterocycles. The molecule has 0 unspecified atom stereocenters. The van der Waals surface area contributed by atoms with Crippen LogP contribution in [0.2, 0.25) is 0 Å². The summed E-state index contributed by atoms with van der Waals surface area (Å²) in [4.78, 5) is 12.8. The molecule has 0 spiro atoms. The van der Waals surface area contributed by atoms with E-state index in [0.29, 0.717) is 42.4 Å². The Hall–Kier alpha value is -3.04. The van der Waals surface area contributed by atoms with Crippen LogP contribution in [0.15, 0.2) is 53.6 Å². The van der Waals surface area contributed by atoms with Crippen molar-refractivity contribution in [1.29, 1.82) is 0 Å². The highest BCUT2D eigenvalue weighted by Crippen LogP contribution is 2.28. The number of hydrogen-bond donors (Lipinski definition) is 1. The fourth-order valence-corrected chi connectivity index (χ4v) is 5.70. The summed E-state index contributed by atoms with van der Waals surface area (Å²) in [5, 5.41) is 3.74. The van der Waals surface area contributed by atoms with Gasteiger partial charge < -0.3 is 19.4 Å². The SMILES string of the molecule is COc1ccc(CCNC(=O)Cn2ccc3cc(S(=O)(=O)N4CCCC4)ccc32)cc1OC. The molecule has 3 aromatic rings. The third-order valence-corrected chi connectivity index (χ3v) is 7.84. The highest BCUT2D eigenvalue weighted by Gasteiger charge is 2.27. The zero-order chi connectivity index (χ0) is 23.4. The number of nitrogens with one attached hydrogen (secondary N) is 1. The third-order valence-electron chi connectivity index (χ3n) is 5.94. The Bertz CT molecular complexity index is 1250. The molecule has 0 radical (unpaired) electrons. The summed E-state index contributed by atoms with van der Waals surface area (Å²) in [6.45, 7) is 1.80. The third kappa shape index (κ3) is 4.99. The number of rotatable bonds is 9. The largest absolute Gasteiger partial charge is 0.493 e. The number of methoxy groups -OCH3 is 2. The Labute approximate surface area is 194 Å². The van der Waals surface area contributed by atoms with E-state index in [4.69, 9.17) is 9.47 Å². The minimum atomic E-state index is -3.46. The molecule has 1 aliphatic heterocycles. The van der Waals surface area contributed by atoms with Gasteiger partial charge in [-0.2, -0.15) is 4.31 Å². The highest BCUT2D eigenvalue weighted by atomic mass is 32.2. The van der Waals surface area contributed by atoms with Crippen molar-refractivity contribution in [3.63, 3.8) is 0 Å². The standard InChI is InChI=1S/C24H29N3O5S/c1-31-22-8-5-18(15-23(22)32-2)9-11-25-24(28)17-26-14-10-19-16-20(6-7-21(19)26)33(29,30)27-12-3-4-13-27/h5-8,10,14-16H,3-4,9,11-13,17H2,1-2H3,(H,25,28). The van der Waals surface area contributed by atoms with E-state index in [2.05, 4.69) is 5.32 Å². The molecular formula is C24H29N3O5S. The lowest BCUT2D eigenvalue weighted by Crippen LogP contribution is -2.29. The minimum absolute atomic E-state index is 0.109. The summed E-state index contributed by atoms with van der Waals surface area (Å²) in [6.07, 6.45) is 4.28. The minimum Gasteiger partial charge on any atom is -0.493 e. The van der Waals surface area contributed by atoms with Gasteiger partial charge in [0, 0.05) is 36.7 Å². The van der Waals surface area contributed by atoms with Gasteiger partial charge in [0.15, 0.2) is 11.5 Å². The van der Waals surface area contributed by atoms with Gasteiger partial charge in [-0.05, 0) is 61.2 Å². The quantitative estimate of drug-likeness (QED) is 0.518. The number of fused-ring (bicyclic) bond motifs is 1. The van der Waals surface area contributed by atoms with Crippen molar-refractivity contribution in [2.24, 2.45) is 0 Å². The number of nitrogens with zero attached hydrogens (tertiary/aromatic N) is 2. The first-order valence-corrected chi connectivity index (χ1v) is 12.4. The van der Waals surface area contributed by atoms with Gasteiger partial charge in [-0.3, -0.25) is 4.79 Å². The van der Waals surface area contributed by atoms with Crippen LogP contribution in [-0.2, 0) is 27.8 Å². The Morgan fingerprint density at radius 3 is 2.48 bits per heavy atom.